The van der Waals surface area contributed by atoms with Gasteiger partial charge in [0, 0.05) is 0 Å². The van der Waals surface area contributed by atoms with Gasteiger partial charge in [-0.2, -0.15) is 0 Å². The molecule has 2 saturated carbocycles. The van der Waals surface area contributed by atoms with Crippen LogP contribution in [0.5, 0.6) is 0 Å². The van der Waals surface area contributed by atoms with Crippen molar-refractivity contribution in [3.63, 3.8) is 0 Å². The van der Waals surface area contributed by atoms with E-state index in [9.17, 15) is 19.8 Å². The van der Waals surface area contributed by atoms with Crippen molar-refractivity contribution in [2.45, 2.75) is 84.0 Å². The lowest BCUT2D eigenvalue weighted by Gasteiger charge is -2.50. The van der Waals surface area contributed by atoms with Crippen LogP contribution in [-0.4, -0.2) is 22.2 Å². The fourth-order valence-electron chi connectivity index (χ4n) is 4.90. The first-order valence-corrected chi connectivity index (χ1v) is 8.95. The number of carboxylic acids is 2. The number of carboxylic acid groups (broad SMARTS) is 2. The molecular weight excluding hydrogens is 280 g/mol. The molecule has 0 spiro atoms. The highest BCUT2D eigenvalue weighted by Gasteiger charge is 2.61. The first-order chi connectivity index (χ1) is 10.5. The molecule has 0 bridgehead atoms. The predicted octanol–water partition coefficient (Wildman–Crippen LogP) is 4.47. The fourth-order valence-corrected chi connectivity index (χ4v) is 4.90. The van der Waals surface area contributed by atoms with Crippen LogP contribution in [0.15, 0.2) is 0 Å². The van der Waals surface area contributed by atoms with Crippen LogP contribution in [-0.2, 0) is 9.59 Å². The Morgan fingerprint density at radius 2 is 1.41 bits per heavy atom. The van der Waals surface area contributed by atoms with E-state index in [-0.39, 0.29) is 0 Å². The van der Waals surface area contributed by atoms with Crippen LogP contribution in [0.25, 0.3) is 0 Å². The third-order valence-electron chi connectivity index (χ3n) is 6.37. The molecule has 0 radical (unpaired) electrons. The summed E-state index contributed by atoms with van der Waals surface area (Å²) in [4.78, 5) is 24.2. The van der Waals surface area contributed by atoms with E-state index >= 15 is 0 Å². The number of aliphatic carboxylic acids is 2. The maximum atomic E-state index is 12.1. The zero-order valence-corrected chi connectivity index (χ0v) is 13.8. The van der Waals surface area contributed by atoms with Gasteiger partial charge >= 0.3 is 11.9 Å². The summed E-state index contributed by atoms with van der Waals surface area (Å²) in [7, 11) is 0. The molecule has 0 heterocycles. The normalized spacial score (nSPS) is 31.6. The van der Waals surface area contributed by atoms with E-state index in [1.165, 1.54) is 12.8 Å². The third-order valence-corrected chi connectivity index (χ3v) is 6.37. The van der Waals surface area contributed by atoms with Crippen LogP contribution in [0.1, 0.15) is 84.0 Å². The third kappa shape index (κ3) is 2.89. The van der Waals surface area contributed by atoms with Crippen LogP contribution >= 0.6 is 0 Å². The Labute approximate surface area is 133 Å². The van der Waals surface area contributed by atoms with Gasteiger partial charge in [-0.1, -0.05) is 45.4 Å². The van der Waals surface area contributed by atoms with Gasteiger partial charge in [-0.05, 0) is 44.4 Å². The Morgan fingerprint density at radius 3 is 1.86 bits per heavy atom. The molecule has 0 atom stereocenters. The van der Waals surface area contributed by atoms with Crippen molar-refractivity contribution in [2.24, 2.45) is 16.7 Å². The van der Waals surface area contributed by atoms with E-state index < -0.39 is 22.8 Å². The molecule has 2 aliphatic rings. The molecule has 2 aliphatic carbocycles. The Morgan fingerprint density at radius 1 is 0.909 bits per heavy atom. The van der Waals surface area contributed by atoms with E-state index in [2.05, 4.69) is 6.92 Å². The number of carbonyl (C=O) groups is 2. The molecule has 126 valence electrons. The van der Waals surface area contributed by atoms with Gasteiger partial charge in [0.2, 0.25) is 0 Å². The molecule has 4 nitrogen and oxygen atoms in total. The monoisotopic (exact) mass is 310 g/mol. The van der Waals surface area contributed by atoms with Crippen LogP contribution in [0.4, 0.5) is 0 Å². The minimum atomic E-state index is -1.04. The number of hydrogen-bond acceptors (Lipinski definition) is 2. The molecule has 0 aromatic rings. The molecule has 22 heavy (non-hydrogen) atoms. The van der Waals surface area contributed by atoms with Gasteiger partial charge in [0.15, 0.2) is 0 Å². The van der Waals surface area contributed by atoms with Crippen LogP contribution < -0.4 is 0 Å². The van der Waals surface area contributed by atoms with Crippen molar-refractivity contribution in [3.8, 4) is 0 Å². The summed E-state index contributed by atoms with van der Waals surface area (Å²) in [5, 5.41) is 19.9. The highest BCUT2D eigenvalue weighted by Crippen LogP contribution is 2.58. The second-order valence-electron chi connectivity index (χ2n) is 7.42. The highest BCUT2D eigenvalue weighted by atomic mass is 16.4. The van der Waals surface area contributed by atoms with Gasteiger partial charge in [-0.3, -0.25) is 9.59 Å². The first-order valence-electron chi connectivity index (χ1n) is 8.95. The average Bonchev–Trinajstić information content (AvgIpc) is 2.53. The van der Waals surface area contributed by atoms with Crippen molar-refractivity contribution in [3.05, 3.63) is 0 Å². The van der Waals surface area contributed by atoms with E-state index in [4.69, 9.17) is 0 Å². The SMILES string of the molecule is CCCCC1CCC(C(=O)O)(C2(C(=O)O)CCCCC2)CC1. The van der Waals surface area contributed by atoms with Gasteiger partial charge in [-0.25, -0.2) is 0 Å². The molecule has 2 N–H and O–H groups in total. The minimum Gasteiger partial charge on any atom is -0.481 e. The second kappa shape index (κ2) is 7.01. The topological polar surface area (TPSA) is 74.6 Å². The minimum absolute atomic E-state index is 0.536. The molecule has 2 fully saturated rings. The molecule has 0 aromatic heterocycles. The van der Waals surface area contributed by atoms with Gasteiger partial charge < -0.3 is 10.2 Å². The second-order valence-corrected chi connectivity index (χ2v) is 7.42. The maximum Gasteiger partial charge on any atom is 0.310 e. The fraction of sp³-hybridized carbons (Fsp3) is 0.889. The summed E-state index contributed by atoms with van der Waals surface area (Å²) < 4.78 is 0. The van der Waals surface area contributed by atoms with Gasteiger partial charge in [0.05, 0.1) is 10.8 Å². The Balaban J connectivity index is 2.22. The molecular formula is C18H30O4. The zero-order chi connectivity index (χ0) is 16.2. The number of hydrogen-bond donors (Lipinski definition) is 2. The Kier molecular flexibility index (Phi) is 5.51. The van der Waals surface area contributed by atoms with E-state index in [0.29, 0.717) is 31.6 Å². The molecule has 0 unspecified atom stereocenters. The Hall–Kier alpha value is -1.06. The predicted molar refractivity (Wildman–Crippen MR) is 84.7 cm³/mol. The Bertz CT molecular complexity index is 401. The smallest absolute Gasteiger partial charge is 0.310 e. The molecule has 0 aliphatic heterocycles. The van der Waals surface area contributed by atoms with Gasteiger partial charge in [-0.15, -0.1) is 0 Å². The zero-order valence-electron chi connectivity index (χ0n) is 13.8. The van der Waals surface area contributed by atoms with E-state index in [1.54, 1.807) is 0 Å². The van der Waals surface area contributed by atoms with Crippen LogP contribution in [0, 0.1) is 16.7 Å². The van der Waals surface area contributed by atoms with Gasteiger partial charge in [0.25, 0.3) is 0 Å². The lowest BCUT2D eigenvalue weighted by molar-refractivity contribution is -0.183. The molecule has 0 aromatic carbocycles. The van der Waals surface area contributed by atoms with Crippen LogP contribution in [0.2, 0.25) is 0 Å². The first kappa shape index (κ1) is 17.3. The largest absolute Gasteiger partial charge is 0.481 e. The van der Waals surface area contributed by atoms with Crippen LogP contribution in [0.3, 0.4) is 0 Å². The number of rotatable bonds is 6. The van der Waals surface area contributed by atoms with E-state index in [1.807, 2.05) is 0 Å². The van der Waals surface area contributed by atoms with Crippen molar-refractivity contribution < 1.29 is 19.8 Å². The summed E-state index contributed by atoms with van der Waals surface area (Å²) in [5.41, 5.74) is -2.07. The van der Waals surface area contributed by atoms with E-state index in [0.717, 1.165) is 38.5 Å². The summed E-state index contributed by atoms with van der Waals surface area (Å²) in [5.74, 6) is -1.16. The molecule has 0 amide bonds. The highest BCUT2D eigenvalue weighted by molar-refractivity contribution is 5.87. The lowest BCUT2D eigenvalue weighted by Crippen LogP contribution is -2.55. The quantitative estimate of drug-likeness (QED) is 0.759. The van der Waals surface area contributed by atoms with Gasteiger partial charge in [0.1, 0.15) is 0 Å². The summed E-state index contributed by atoms with van der Waals surface area (Å²) in [6, 6.07) is 0. The van der Waals surface area contributed by atoms with Crippen molar-refractivity contribution in [2.75, 3.05) is 0 Å². The number of unbranched alkanes of at least 4 members (excludes halogenated alkanes) is 1. The molecule has 4 heteroatoms. The standard InChI is InChI=1S/C18H30O4/c1-2-3-7-14-8-12-18(13-9-14,16(21)22)17(15(19)20)10-5-4-6-11-17/h14H,2-13H2,1H3,(H,19,20)(H,21,22). The summed E-state index contributed by atoms with van der Waals surface area (Å²) in [6.45, 7) is 2.17. The lowest BCUT2D eigenvalue weighted by atomic mass is 9.51. The van der Waals surface area contributed by atoms with Crippen molar-refractivity contribution in [1.82, 2.24) is 0 Å². The molecule has 0 saturated heterocycles. The summed E-state index contributed by atoms with van der Waals surface area (Å²) >= 11 is 0. The average molecular weight is 310 g/mol. The summed E-state index contributed by atoms with van der Waals surface area (Å²) in [6.07, 6.45) is 10.2. The maximum absolute atomic E-state index is 12.1. The molecule has 2 rings (SSSR count). The van der Waals surface area contributed by atoms with Crippen molar-refractivity contribution >= 4 is 11.9 Å². The van der Waals surface area contributed by atoms with Crippen molar-refractivity contribution in [1.29, 1.82) is 0 Å².